The van der Waals surface area contributed by atoms with Crippen LogP contribution < -0.4 is 10.0 Å². The molecule has 0 aliphatic carbocycles. The SMILES string of the molecule is CS(=O)(=O)Nc1ccc(C(=O)Nc2ccc(C(F)(F)F)cc2)c(Cl)c1. The first-order valence-corrected chi connectivity index (χ1v) is 8.98. The van der Waals surface area contributed by atoms with Crippen LogP contribution in [0.2, 0.25) is 5.02 Å². The molecule has 10 heteroatoms. The van der Waals surface area contributed by atoms with Crippen LogP contribution in [-0.4, -0.2) is 20.6 Å². The Bertz CT molecular complexity index is 897. The van der Waals surface area contributed by atoms with E-state index in [4.69, 9.17) is 11.6 Å². The highest BCUT2D eigenvalue weighted by molar-refractivity contribution is 7.92. The molecule has 2 aromatic carbocycles. The summed E-state index contributed by atoms with van der Waals surface area (Å²) in [5.74, 6) is -0.643. The standard InChI is InChI=1S/C15H12ClF3N2O3S/c1-25(23,24)21-11-6-7-12(13(16)8-11)14(22)20-10-4-2-9(3-5-10)15(17,18)19/h2-8,21H,1H3,(H,20,22). The van der Waals surface area contributed by atoms with Crippen molar-refractivity contribution in [3.8, 4) is 0 Å². The maximum atomic E-state index is 12.5. The highest BCUT2D eigenvalue weighted by Gasteiger charge is 2.30. The first kappa shape index (κ1) is 19.1. The molecule has 2 N–H and O–H groups in total. The number of nitrogens with one attached hydrogen (secondary N) is 2. The van der Waals surface area contributed by atoms with Crippen molar-refractivity contribution >= 4 is 38.9 Å². The van der Waals surface area contributed by atoms with Crippen LogP contribution in [-0.2, 0) is 16.2 Å². The van der Waals surface area contributed by atoms with E-state index >= 15 is 0 Å². The lowest BCUT2D eigenvalue weighted by atomic mass is 10.1. The van der Waals surface area contributed by atoms with E-state index in [2.05, 4.69) is 10.0 Å². The minimum atomic E-state index is -4.46. The van der Waals surface area contributed by atoms with Crippen molar-refractivity contribution in [3.63, 3.8) is 0 Å². The first-order valence-electron chi connectivity index (χ1n) is 6.72. The number of benzene rings is 2. The average molecular weight is 393 g/mol. The fourth-order valence-electron chi connectivity index (χ4n) is 1.92. The molecular weight excluding hydrogens is 381 g/mol. The third-order valence-corrected chi connectivity index (χ3v) is 3.91. The molecule has 0 saturated heterocycles. The Morgan fingerprint density at radius 2 is 1.60 bits per heavy atom. The van der Waals surface area contributed by atoms with Crippen LogP contribution in [0.3, 0.4) is 0 Å². The van der Waals surface area contributed by atoms with Crippen LogP contribution in [0.25, 0.3) is 0 Å². The minimum absolute atomic E-state index is 0.0157. The number of amides is 1. The van der Waals surface area contributed by atoms with Gasteiger partial charge in [-0.25, -0.2) is 8.42 Å². The zero-order valence-corrected chi connectivity index (χ0v) is 14.3. The van der Waals surface area contributed by atoms with Gasteiger partial charge in [-0.3, -0.25) is 9.52 Å². The Labute approximate surface area is 146 Å². The molecule has 0 saturated carbocycles. The van der Waals surface area contributed by atoms with Crippen molar-refractivity contribution in [2.24, 2.45) is 0 Å². The minimum Gasteiger partial charge on any atom is -0.322 e. The summed E-state index contributed by atoms with van der Waals surface area (Å²) in [5, 5.41) is 2.40. The summed E-state index contributed by atoms with van der Waals surface area (Å²) < 4.78 is 62.0. The van der Waals surface area contributed by atoms with Crippen LogP contribution in [0.4, 0.5) is 24.5 Å². The molecule has 0 aliphatic heterocycles. The molecule has 0 spiro atoms. The summed E-state index contributed by atoms with van der Waals surface area (Å²) in [5.41, 5.74) is -0.452. The van der Waals surface area contributed by atoms with Crippen molar-refractivity contribution in [1.82, 2.24) is 0 Å². The van der Waals surface area contributed by atoms with Gasteiger partial charge in [0.15, 0.2) is 0 Å². The number of sulfonamides is 1. The van der Waals surface area contributed by atoms with Gasteiger partial charge >= 0.3 is 6.18 Å². The molecule has 0 fully saturated rings. The van der Waals surface area contributed by atoms with Gasteiger partial charge in [0.2, 0.25) is 10.0 Å². The van der Waals surface area contributed by atoms with Gasteiger partial charge in [0, 0.05) is 11.4 Å². The topological polar surface area (TPSA) is 75.3 Å². The zero-order chi connectivity index (χ0) is 18.8. The van der Waals surface area contributed by atoms with Crippen LogP contribution in [0.15, 0.2) is 42.5 Å². The van der Waals surface area contributed by atoms with Crippen LogP contribution in [0.1, 0.15) is 15.9 Å². The predicted molar refractivity (Wildman–Crippen MR) is 89.3 cm³/mol. The number of alkyl halides is 3. The van der Waals surface area contributed by atoms with E-state index in [9.17, 15) is 26.4 Å². The van der Waals surface area contributed by atoms with Crippen molar-refractivity contribution in [2.75, 3.05) is 16.3 Å². The first-order chi connectivity index (χ1) is 11.5. The van der Waals surface area contributed by atoms with Crippen LogP contribution in [0, 0.1) is 0 Å². The summed E-state index contributed by atoms with van der Waals surface area (Å²) in [4.78, 5) is 12.2. The van der Waals surface area contributed by atoms with Gasteiger partial charge in [0.1, 0.15) is 0 Å². The molecule has 25 heavy (non-hydrogen) atoms. The fraction of sp³-hybridized carbons (Fsp3) is 0.133. The summed E-state index contributed by atoms with van der Waals surface area (Å²) in [6.45, 7) is 0. The average Bonchev–Trinajstić information content (AvgIpc) is 2.45. The monoisotopic (exact) mass is 392 g/mol. The van der Waals surface area contributed by atoms with E-state index in [0.29, 0.717) is 0 Å². The molecule has 2 rings (SSSR count). The molecule has 2 aromatic rings. The van der Waals surface area contributed by atoms with Gasteiger partial charge in [-0.2, -0.15) is 13.2 Å². The molecular formula is C15H12ClF3N2O3S. The Balaban J connectivity index is 2.15. The van der Waals surface area contributed by atoms with Gasteiger partial charge < -0.3 is 5.32 Å². The second-order valence-corrected chi connectivity index (χ2v) is 7.25. The lowest BCUT2D eigenvalue weighted by molar-refractivity contribution is -0.137. The number of carbonyl (C=O) groups is 1. The van der Waals surface area contributed by atoms with E-state index in [1.54, 1.807) is 0 Å². The van der Waals surface area contributed by atoms with E-state index < -0.39 is 27.7 Å². The quantitative estimate of drug-likeness (QED) is 0.826. The number of hydrogen-bond donors (Lipinski definition) is 2. The smallest absolute Gasteiger partial charge is 0.322 e. The normalized spacial score (nSPS) is 11.9. The summed E-state index contributed by atoms with van der Waals surface area (Å²) in [7, 11) is -3.49. The van der Waals surface area contributed by atoms with Crippen molar-refractivity contribution in [1.29, 1.82) is 0 Å². The Morgan fingerprint density at radius 3 is 2.08 bits per heavy atom. The molecule has 0 aromatic heterocycles. The molecule has 0 heterocycles. The van der Waals surface area contributed by atoms with E-state index in [-0.39, 0.29) is 22.0 Å². The summed E-state index contributed by atoms with van der Waals surface area (Å²) in [6, 6.07) is 7.82. The Kier molecular flexibility index (Phi) is 5.28. The van der Waals surface area contributed by atoms with Crippen molar-refractivity contribution < 1.29 is 26.4 Å². The molecule has 5 nitrogen and oxygen atoms in total. The Morgan fingerprint density at radius 1 is 1.04 bits per heavy atom. The second-order valence-electron chi connectivity index (χ2n) is 5.10. The van der Waals surface area contributed by atoms with Gasteiger partial charge in [0.25, 0.3) is 5.91 Å². The maximum absolute atomic E-state index is 12.5. The second kappa shape index (κ2) is 6.93. The molecule has 1 amide bonds. The predicted octanol–water partition coefficient (Wildman–Crippen LogP) is 3.98. The Hall–Kier alpha value is -2.26. The van der Waals surface area contributed by atoms with E-state index in [1.165, 1.54) is 18.2 Å². The summed E-state index contributed by atoms with van der Waals surface area (Å²) in [6.07, 6.45) is -3.50. The van der Waals surface area contributed by atoms with Gasteiger partial charge in [-0.1, -0.05) is 11.6 Å². The number of anilines is 2. The molecule has 0 unspecified atom stereocenters. The van der Waals surface area contributed by atoms with Crippen molar-refractivity contribution in [2.45, 2.75) is 6.18 Å². The third-order valence-electron chi connectivity index (χ3n) is 2.99. The maximum Gasteiger partial charge on any atom is 0.416 e. The van der Waals surface area contributed by atoms with Crippen molar-refractivity contribution in [3.05, 3.63) is 58.6 Å². The number of carbonyl (C=O) groups excluding carboxylic acids is 1. The number of halogens is 4. The lowest BCUT2D eigenvalue weighted by Gasteiger charge is -2.10. The summed E-state index contributed by atoms with van der Waals surface area (Å²) >= 11 is 5.96. The fourth-order valence-corrected chi connectivity index (χ4v) is 2.74. The molecule has 0 radical (unpaired) electrons. The third kappa shape index (κ3) is 5.36. The van der Waals surface area contributed by atoms with E-state index in [1.807, 2.05) is 0 Å². The van der Waals surface area contributed by atoms with Gasteiger partial charge in [0.05, 0.1) is 22.4 Å². The van der Waals surface area contributed by atoms with E-state index in [0.717, 1.165) is 30.5 Å². The molecule has 0 atom stereocenters. The molecule has 0 bridgehead atoms. The number of hydrogen-bond acceptors (Lipinski definition) is 3. The van der Waals surface area contributed by atoms with Crippen LogP contribution >= 0.6 is 11.6 Å². The molecule has 0 aliphatic rings. The van der Waals surface area contributed by atoms with Gasteiger partial charge in [-0.05, 0) is 42.5 Å². The largest absolute Gasteiger partial charge is 0.416 e. The highest BCUT2D eigenvalue weighted by Crippen LogP contribution is 2.30. The van der Waals surface area contributed by atoms with Crippen LogP contribution in [0.5, 0.6) is 0 Å². The molecule has 134 valence electrons. The zero-order valence-electron chi connectivity index (χ0n) is 12.7. The highest BCUT2D eigenvalue weighted by atomic mass is 35.5. The number of rotatable bonds is 4. The van der Waals surface area contributed by atoms with Gasteiger partial charge in [-0.15, -0.1) is 0 Å². The lowest BCUT2D eigenvalue weighted by Crippen LogP contribution is -2.14.